The Morgan fingerprint density at radius 3 is 2.36 bits per heavy atom. The summed E-state index contributed by atoms with van der Waals surface area (Å²) in [4.78, 5) is 37.0. The van der Waals surface area contributed by atoms with Crippen LogP contribution in [-0.4, -0.2) is 64.7 Å². The maximum Gasteiger partial charge on any atom is 0.339 e. The molecule has 1 aromatic carbocycles. The van der Waals surface area contributed by atoms with E-state index in [-0.39, 0.29) is 18.5 Å². The Balaban J connectivity index is 1.28. The predicted octanol–water partition coefficient (Wildman–Crippen LogP) is 2.49. The number of hydrogen-bond donors (Lipinski definition) is 0. The van der Waals surface area contributed by atoms with Gasteiger partial charge in [0.05, 0.1) is 12.2 Å². The number of esters is 1. The molecule has 10 heteroatoms. The lowest BCUT2D eigenvalue weighted by atomic mass is 10.1. The number of carbonyl (C=O) groups is 2. The fourth-order valence-corrected chi connectivity index (χ4v) is 3.47. The van der Waals surface area contributed by atoms with Crippen LogP contribution in [0.15, 0.2) is 47.1 Å². The third kappa shape index (κ3) is 5.46. The van der Waals surface area contributed by atoms with Crippen LogP contribution in [0, 0.1) is 6.92 Å². The van der Waals surface area contributed by atoms with E-state index in [9.17, 15) is 9.59 Å². The molecular weight excluding hydrogens is 426 g/mol. The van der Waals surface area contributed by atoms with Gasteiger partial charge in [0.1, 0.15) is 11.6 Å². The van der Waals surface area contributed by atoms with Crippen LogP contribution >= 0.6 is 0 Å². The van der Waals surface area contributed by atoms with Crippen molar-refractivity contribution in [3.05, 3.63) is 65.4 Å². The number of amides is 1. The van der Waals surface area contributed by atoms with Crippen molar-refractivity contribution in [2.45, 2.75) is 20.5 Å². The molecule has 1 amide bonds. The summed E-state index contributed by atoms with van der Waals surface area (Å²) in [6, 6.07) is 10.5. The molecule has 1 fully saturated rings. The first-order valence-electron chi connectivity index (χ1n) is 10.7. The molecule has 1 saturated heterocycles. The van der Waals surface area contributed by atoms with Crippen molar-refractivity contribution in [1.82, 2.24) is 20.0 Å². The molecule has 2 aromatic heterocycles. The first-order valence-corrected chi connectivity index (χ1v) is 10.7. The van der Waals surface area contributed by atoms with Gasteiger partial charge in [0, 0.05) is 44.9 Å². The molecule has 0 unspecified atom stereocenters. The molecule has 0 radical (unpaired) electrons. The van der Waals surface area contributed by atoms with Gasteiger partial charge in [-0.1, -0.05) is 5.16 Å². The number of carbonyl (C=O) groups excluding carboxylic acids is 2. The molecule has 0 saturated carbocycles. The number of anilines is 1. The van der Waals surface area contributed by atoms with Crippen LogP contribution in [0.2, 0.25) is 0 Å². The second-order valence-electron chi connectivity index (χ2n) is 7.45. The first kappa shape index (κ1) is 22.3. The van der Waals surface area contributed by atoms with E-state index >= 15 is 0 Å². The summed E-state index contributed by atoms with van der Waals surface area (Å²) in [6.07, 6.45) is 1.52. The third-order valence-corrected chi connectivity index (χ3v) is 5.19. The zero-order valence-electron chi connectivity index (χ0n) is 18.6. The normalized spacial score (nSPS) is 13.6. The molecular formula is C23H25N5O5. The summed E-state index contributed by atoms with van der Waals surface area (Å²) in [6.45, 7) is 6.47. The Morgan fingerprint density at radius 1 is 1.03 bits per heavy atom. The molecule has 4 rings (SSSR count). The van der Waals surface area contributed by atoms with Gasteiger partial charge in [0.15, 0.2) is 6.61 Å². The topological polar surface area (TPSA) is 111 Å². The van der Waals surface area contributed by atoms with Crippen molar-refractivity contribution in [1.29, 1.82) is 0 Å². The van der Waals surface area contributed by atoms with Crippen LogP contribution in [0.5, 0.6) is 5.75 Å². The fourth-order valence-electron chi connectivity index (χ4n) is 3.47. The van der Waals surface area contributed by atoms with E-state index in [1.54, 1.807) is 50.2 Å². The summed E-state index contributed by atoms with van der Waals surface area (Å²) < 4.78 is 15.5. The molecule has 0 aliphatic carbocycles. The predicted molar refractivity (Wildman–Crippen MR) is 118 cm³/mol. The van der Waals surface area contributed by atoms with Gasteiger partial charge >= 0.3 is 5.97 Å². The van der Waals surface area contributed by atoms with Crippen LogP contribution in [-0.2, 0) is 11.3 Å². The maximum atomic E-state index is 12.9. The number of rotatable bonds is 7. The molecule has 172 valence electrons. The average Bonchev–Trinajstić information content (AvgIpc) is 3.28. The number of hydrogen-bond acceptors (Lipinski definition) is 9. The van der Waals surface area contributed by atoms with Crippen LogP contribution in [0.4, 0.5) is 5.82 Å². The number of aromatic nitrogens is 3. The monoisotopic (exact) mass is 451 g/mol. The second kappa shape index (κ2) is 10.1. The minimum Gasteiger partial charge on any atom is -0.485 e. The van der Waals surface area contributed by atoms with E-state index in [1.165, 1.54) is 6.20 Å². The van der Waals surface area contributed by atoms with Crippen LogP contribution in [0.25, 0.3) is 0 Å². The summed E-state index contributed by atoms with van der Waals surface area (Å²) in [7, 11) is 0. The van der Waals surface area contributed by atoms with E-state index in [0.717, 1.165) is 5.82 Å². The number of ether oxygens (including phenoxy) is 2. The van der Waals surface area contributed by atoms with E-state index < -0.39 is 0 Å². The highest BCUT2D eigenvalue weighted by Crippen LogP contribution is 2.18. The highest BCUT2D eigenvalue weighted by atomic mass is 16.5. The standard InChI is InChI=1S/C23H25N5O5/c1-3-31-23(30)18-6-9-21(24-14-18)27-10-12-28(13-11-27)22(29)17-4-7-19(8-5-17)32-15-20-25-16(2)33-26-20/h4-9,14H,3,10-13,15H2,1-2H3. The van der Waals surface area contributed by atoms with Crippen molar-refractivity contribution < 1.29 is 23.6 Å². The van der Waals surface area contributed by atoms with Gasteiger partial charge in [0.2, 0.25) is 11.7 Å². The van der Waals surface area contributed by atoms with Gasteiger partial charge in [-0.3, -0.25) is 4.79 Å². The molecule has 0 spiro atoms. The lowest BCUT2D eigenvalue weighted by Gasteiger charge is -2.35. The largest absolute Gasteiger partial charge is 0.485 e. The van der Waals surface area contributed by atoms with Crippen molar-refractivity contribution >= 4 is 17.7 Å². The number of benzene rings is 1. The summed E-state index contributed by atoms with van der Waals surface area (Å²) in [5, 5.41) is 3.78. The molecule has 10 nitrogen and oxygen atoms in total. The molecule has 33 heavy (non-hydrogen) atoms. The molecule has 0 atom stereocenters. The maximum absolute atomic E-state index is 12.9. The summed E-state index contributed by atoms with van der Waals surface area (Å²) in [5.41, 5.74) is 1.03. The first-order chi connectivity index (χ1) is 16.0. The SMILES string of the molecule is CCOC(=O)c1ccc(N2CCN(C(=O)c3ccc(OCc4noc(C)n4)cc3)CC2)nc1. The minimum absolute atomic E-state index is 0.0272. The van der Waals surface area contributed by atoms with Crippen molar-refractivity contribution in [2.75, 3.05) is 37.7 Å². The fraction of sp³-hybridized carbons (Fsp3) is 0.348. The number of aryl methyl sites for hydroxylation is 1. The van der Waals surface area contributed by atoms with Gasteiger partial charge in [-0.25, -0.2) is 9.78 Å². The van der Waals surface area contributed by atoms with Gasteiger partial charge in [-0.2, -0.15) is 4.98 Å². The van der Waals surface area contributed by atoms with Crippen molar-refractivity contribution in [3.8, 4) is 5.75 Å². The summed E-state index contributed by atoms with van der Waals surface area (Å²) in [5.74, 6) is 1.94. The lowest BCUT2D eigenvalue weighted by Crippen LogP contribution is -2.49. The van der Waals surface area contributed by atoms with Crippen molar-refractivity contribution in [3.63, 3.8) is 0 Å². The van der Waals surface area contributed by atoms with Crippen molar-refractivity contribution in [2.24, 2.45) is 0 Å². The number of piperazine rings is 1. The zero-order chi connectivity index (χ0) is 23.2. The van der Waals surface area contributed by atoms with E-state index in [1.807, 2.05) is 4.90 Å². The zero-order valence-corrected chi connectivity index (χ0v) is 18.6. The highest BCUT2D eigenvalue weighted by molar-refractivity contribution is 5.94. The Kier molecular flexibility index (Phi) is 6.82. The van der Waals surface area contributed by atoms with E-state index in [2.05, 4.69) is 20.0 Å². The molecule has 1 aliphatic heterocycles. The number of nitrogens with zero attached hydrogens (tertiary/aromatic N) is 5. The van der Waals surface area contributed by atoms with Gasteiger partial charge < -0.3 is 23.8 Å². The Hall–Kier alpha value is -3.95. The Bertz CT molecular complexity index is 1090. The molecule has 3 heterocycles. The van der Waals surface area contributed by atoms with Gasteiger partial charge in [-0.05, 0) is 43.3 Å². The quantitative estimate of drug-likeness (QED) is 0.500. The molecule has 1 aliphatic rings. The van der Waals surface area contributed by atoms with E-state index in [0.29, 0.717) is 61.4 Å². The molecule has 3 aromatic rings. The molecule has 0 N–H and O–H groups in total. The smallest absolute Gasteiger partial charge is 0.339 e. The summed E-state index contributed by atoms with van der Waals surface area (Å²) >= 11 is 0. The van der Waals surface area contributed by atoms with Crippen LogP contribution in [0.1, 0.15) is 39.4 Å². The highest BCUT2D eigenvalue weighted by Gasteiger charge is 2.23. The Morgan fingerprint density at radius 2 is 1.76 bits per heavy atom. The number of pyridine rings is 1. The van der Waals surface area contributed by atoms with Gasteiger partial charge in [-0.15, -0.1) is 0 Å². The minimum atomic E-state index is -0.381. The van der Waals surface area contributed by atoms with Crippen LogP contribution < -0.4 is 9.64 Å². The second-order valence-corrected chi connectivity index (χ2v) is 7.45. The Labute approximate surface area is 191 Å². The average molecular weight is 451 g/mol. The molecule has 0 bridgehead atoms. The van der Waals surface area contributed by atoms with Gasteiger partial charge in [0.25, 0.3) is 5.91 Å². The van der Waals surface area contributed by atoms with E-state index in [4.69, 9.17) is 14.0 Å². The third-order valence-electron chi connectivity index (χ3n) is 5.19. The van der Waals surface area contributed by atoms with Crippen LogP contribution in [0.3, 0.4) is 0 Å². The lowest BCUT2D eigenvalue weighted by molar-refractivity contribution is 0.0525.